The number of piperazine rings is 1. The third kappa shape index (κ3) is 5.18. The van der Waals surface area contributed by atoms with Gasteiger partial charge in [-0.15, -0.1) is 0 Å². The molecule has 2 rings (SSSR count). The molecule has 1 saturated heterocycles. The normalized spacial score (nSPS) is 15.9. The number of carbonyl (C=O) groups excluding carboxylic acids is 1. The van der Waals surface area contributed by atoms with Crippen molar-refractivity contribution in [3.63, 3.8) is 0 Å². The Morgan fingerprint density at radius 1 is 1.30 bits per heavy atom. The van der Waals surface area contributed by atoms with E-state index in [0.29, 0.717) is 5.56 Å². The lowest BCUT2D eigenvalue weighted by molar-refractivity contribution is -0.895. The number of nitrogens with zero attached hydrogens (tertiary/aromatic N) is 1. The van der Waals surface area contributed by atoms with Crippen molar-refractivity contribution >= 4 is 11.7 Å². The fourth-order valence-electron chi connectivity index (χ4n) is 2.94. The molecule has 1 amide bonds. The van der Waals surface area contributed by atoms with Crippen LogP contribution >= 0.6 is 0 Å². The summed E-state index contributed by atoms with van der Waals surface area (Å²) in [5, 5.41) is 3.01. The van der Waals surface area contributed by atoms with Crippen molar-refractivity contribution in [1.82, 2.24) is 5.32 Å². The molecule has 6 nitrogen and oxygen atoms in total. The molecule has 0 aromatic carbocycles. The number of aromatic amines is 1. The topological polar surface area (TPSA) is 55.4 Å². The monoisotopic (exact) mass is 322 g/mol. The Morgan fingerprint density at radius 2 is 2.00 bits per heavy atom. The number of quaternary nitrogens is 2. The van der Waals surface area contributed by atoms with Gasteiger partial charge in [-0.3, -0.25) is 9.69 Å². The van der Waals surface area contributed by atoms with Crippen molar-refractivity contribution in [3.8, 4) is 0 Å². The standard InChI is InChI=1S/C17H29N5O/c1-4-21(5-2)9-8-18-17(23)15-6-7-16(19-14-15)22-12-10-20(3)11-13-22/h6-7,14H,4-5,8-13H2,1-3H3,(H,18,23)/p+3. The van der Waals surface area contributed by atoms with Crippen LogP contribution in [0.3, 0.4) is 0 Å². The summed E-state index contributed by atoms with van der Waals surface area (Å²) in [6.45, 7) is 12.7. The van der Waals surface area contributed by atoms with Gasteiger partial charge in [-0.1, -0.05) is 0 Å². The Hall–Kier alpha value is -1.66. The van der Waals surface area contributed by atoms with Crippen molar-refractivity contribution in [1.29, 1.82) is 0 Å². The maximum absolute atomic E-state index is 12.2. The van der Waals surface area contributed by atoms with E-state index in [-0.39, 0.29) is 5.91 Å². The van der Waals surface area contributed by atoms with Gasteiger partial charge in [0.1, 0.15) is 32.4 Å². The molecule has 0 spiro atoms. The number of likely N-dealkylation sites (N-methyl/N-ethyl adjacent to an activating group) is 2. The van der Waals surface area contributed by atoms with Gasteiger partial charge in [0, 0.05) is 6.07 Å². The van der Waals surface area contributed by atoms with Gasteiger partial charge in [0.25, 0.3) is 11.7 Å². The molecule has 0 saturated carbocycles. The van der Waals surface area contributed by atoms with Crippen LogP contribution in [0.15, 0.2) is 18.3 Å². The van der Waals surface area contributed by atoms with E-state index in [1.54, 1.807) is 4.90 Å². The fourth-order valence-corrected chi connectivity index (χ4v) is 2.94. The van der Waals surface area contributed by atoms with Gasteiger partial charge >= 0.3 is 0 Å². The maximum Gasteiger partial charge on any atom is 0.274 e. The van der Waals surface area contributed by atoms with Crippen LogP contribution in [-0.2, 0) is 0 Å². The summed E-state index contributed by atoms with van der Waals surface area (Å²) < 4.78 is 0. The molecule has 0 aliphatic carbocycles. The number of amides is 1. The highest BCUT2D eigenvalue weighted by Gasteiger charge is 2.23. The summed E-state index contributed by atoms with van der Waals surface area (Å²) in [6, 6.07) is 3.93. The lowest BCUT2D eigenvalue weighted by atomic mass is 10.2. The number of hydrogen-bond acceptors (Lipinski definition) is 2. The number of hydrogen-bond donors (Lipinski definition) is 3. The predicted octanol–water partition coefficient (Wildman–Crippen LogP) is -2.51. The minimum atomic E-state index is 0.00202. The first-order valence-electron chi connectivity index (χ1n) is 8.83. The second-order valence-corrected chi connectivity index (χ2v) is 6.37. The van der Waals surface area contributed by atoms with Crippen molar-refractivity contribution < 1.29 is 19.6 Å². The highest BCUT2D eigenvalue weighted by atomic mass is 16.1. The van der Waals surface area contributed by atoms with Crippen molar-refractivity contribution in [2.75, 3.05) is 64.3 Å². The number of aromatic nitrogens is 1. The van der Waals surface area contributed by atoms with Crippen LogP contribution < -0.4 is 25.0 Å². The van der Waals surface area contributed by atoms with E-state index in [0.717, 1.165) is 58.2 Å². The minimum Gasteiger partial charge on any atom is -0.346 e. The first-order chi connectivity index (χ1) is 11.1. The van der Waals surface area contributed by atoms with Gasteiger partial charge in [0.2, 0.25) is 0 Å². The van der Waals surface area contributed by atoms with E-state index in [1.807, 2.05) is 18.3 Å². The first-order valence-corrected chi connectivity index (χ1v) is 8.83. The lowest BCUT2D eigenvalue weighted by Gasteiger charge is -2.25. The van der Waals surface area contributed by atoms with Crippen molar-refractivity contribution in [2.45, 2.75) is 13.8 Å². The third-order valence-electron chi connectivity index (χ3n) is 4.78. The summed E-state index contributed by atoms with van der Waals surface area (Å²) in [7, 11) is 2.23. The molecule has 0 unspecified atom stereocenters. The summed E-state index contributed by atoms with van der Waals surface area (Å²) in [6.07, 6.45) is 1.82. The maximum atomic E-state index is 12.2. The van der Waals surface area contributed by atoms with Gasteiger partial charge in [0.15, 0.2) is 0 Å². The Balaban J connectivity index is 1.83. The van der Waals surface area contributed by atoms with E-state index in [2.05, 4.69) is 36.1 Å². The van der Waals surface area contributed by atoms with Gasteiger partial charge in [-0.2, -0.15) is 0 Å². The number of H-pyrrole nitrogens is 1. The highest BCUT2D eigenvalue weighted by molar-refractivity contribution is 5.93. The fraction of sp³-hybridized carbons (Fsp3) is 0.647. The number of anilines is 1. The van der Waals surface area contributed by atoms with E-state index < -0.39 is 0 Å². The molecule has 6 heteroatoms. The lowest BCUT2D eigenvalue weighted by Crippen LogP contribution is -3.12. The van der Waals surface area contributed by atoms with Crippen LogP contribution in [0.4, 0.5) is 5.82 Å². The quantitative estimate of drug-likeness (QED) is 0.519. The highest BCUT2D eigenvalue weighted by Crippen LogP contribution is 2.07. The predicted molar refractivity (Wildman–Crippen MR) is 91.1 cm³/mol. The molecule has 4 N–H and O–H groups in total. The minimum absolute atomic E-state index is 0.00202. The van der Waals surface area contributed by atoms with Gasteiger partial charge in [-0.05, 0) is 19.9 Å². The Labute approximate surface area is 139 Å². The van der Waals surface area contributed by atoms with Crippen LogP contribution in [0.2, 0.25) is 0 Å². The van der Waals surface area contributed by atoms with Gasteiger partial charge in [0.05, 0.1) is 38.8 Å². The molecule has 128 valence electrons. The van der Waals surface area contributed by atoms with E-state index in [1.165, 1.54) is 4.90 Å². The molecule has 0 bridgehead atoms. The number of pyridine rings is 1. The Kier molecular flexibility index (Phi) is 6.80. The molecule has 1 aromatic rings. The van der Waals surface area contributed by atoms with Crippen LogP contribution in [0, 0.1) is 0 Å². The van der Waals surface area contributed by atoms with E-state index in [9.17, 15) is 4.79 Å². The average Bonchev–Trinajstić information content (AvgIpc) is 2.59. The van der Waals surface area contributed by atoms with Crippen LogP contribution in [0.1, 0.15) is 24.2 Å². The molecule has 0 atom stereocenters. The van der Waals surface area contributed by atoms with Crippen molar-refractivity contribution in [3.05, 3.63) is 23.9 Å². The van der Waals surface area contributed by atoms with Crippen LogP contribution in [0.5, 0.6) is 0 Å². The SMILES string of the molecule is CC[NH+](CC)CCNC(=O)c1ccc(N2CC[NH+](C)CC2)[nH+]c1. The number of nitrogens with one attached hydrogen (secondary N) is 4. The number of carbonyl (C=O) groups is 1. The Morgan fingerprint density at radius 3 is 2.57 bits per heavy atom. The molecule has 2 heterocycles. The largest absolute Gasteiger partial charge is 0.346 e. The zero-order chi connectivity index (χ0) is 16.7. The third-order valence-corrected chi connectivity index (χ3v) is 4.78. The molecule has 1 aromatic heterocycles. The van der Waals surface area contributed by atoms with Gasteiger partial charge < -0.3 is 15.1 Å². The Bertz CT molecular complexity index is 478. The van der Waals surface area contributed by atoms with E-state index in [4.69, 9.17) is 0 Å². The summed E-state index contributed by atoms with van der Waals surface area (Å²) in [5.41, 5.74) is 0.697. The molecular weight excluding hydrogens is 290 g/mol. The molecule has 1 aliphatic rings. The zero-order valence-corrected chi connectivity index (χ0v) is 14.7. The van der Waals surface area contributed by atoms with Crippen molar-refractivity contribution in [2.24, 2.45) is 0 Å². The summed E-state index contributed by atoms with van der Waals surface area (Å²) in [5.74, 6) is 1.10. The molecule has 1 aliphatic heterocycles. The van der Waals surface area contributed by atoms with E-state index >= 15 is 0 Å². The molecular formula is C17H32N5O+3. The molecule has 1 fully saturated rings. The van der Waals surface area contributed by atoms with Crippen LogP contribution in [-0.4, -0.2) is 65.3 Å². The van der Waals surface area contributed by atoms with Gasteiger partial charge in [-0.25, -0.2) is 4.98 Å². The second kappa shape index (κ2) is 8.84. The summed E-state index contributed by atoms with van der Waals surface area (Å²) >= 11 is 0. The molecule has 0 radical (unpaired) electrons. The summed E-state index contributed by atoms with van der Waals surface area (Å²) in [4.78, 5) is 20.9. The smallest absolute Gasteiger partial charge is 0.274 e. The zero-order valence-electron chi connectivity index (χ0n) is 14.7. The second-order valence-electron chi connectivity index (χ2n) is 6.37. The average molecular weight is 322 g/mol. The molecule has 23 heavy (non-hydrogen) atoms. The van der Waals surface area contributed by atoms with Crippen LogP contribution in [0.25, 0.3) is 0 Å². The first kappa shape index (κ1) is 17.7. The number of rotatable bonds is 7.